The number of hydrogen-bond acceptors (Lipinski definition) is 6. The highest BCUT2D eigenvalue weighted by Gasteiger charge is 2.15. The van der Waals surface area contributed by atoms with Gasteiger partial charge >= 0.3 is 0 Å². The first kappa shape index (κ1) is 27.2. The predicted molar refractivity (Wildman–Crippen MR) is 183 cm³/mol. The minimum Gasteiger partial charge on any atom is -0.256 e. The molecule has 0 aliphatic rings. The van der Waals surface area contributed by atoms with Gasteiger partial charge in [0, 0.05) is 51.8 Å². The van der Waals surface area contributed by atoms with Crippen LogP contribution in [0.15, 0.2) is 158 Å². The fourth-order valence-electron chi connectivity index (χ4n) is 5.62. The van der Waals surface area contributed by atoms with Crippen molar-refractivity contribution in [2.24, 2.45) is 0 Å². The van der Waals surface area contributed by atoms with Gasteiger partial charge in [0.2, 0.25) is 0 Å². The Morgan fingerprint density at radius 1 is 0.326 bits per heavy atom. The summed E-state index contributed by atoms with van der Waals surface area (Å²) in [4.78, 5) is 28.6. The molecule has 0 aliphatic heterocycles. The lowest BCUT2D eigenvalue weighted by atomic mass is 9.99. The average Bonchev–Trinajstić information content (AvgIpc) is 3.15. The summed E-state index contributed by atoms with van der Waals surface area (Å²) in [6.45, 7) is 0. The molecule has 0 saturated heterocycles. The van der Waals surface area contributed by atoms with Crippen molar-refractivity contribution in [3.05, 3.63) is 158 Å². The van der Waals surface area contributed by atoms with Crippen molar-refractivity contribution in [2.75, 3.05) is 0 Å². The maximum atomic E-state index is 5.00. The van der Waals surface area contributed by atoms with Crippen molar-refractivity contribution >= 4 is 10.9 Å². The van der Waals surface area contributed by atoms with E-state index in [-0.39, 0.29) is 0 Å². The standard InChI is InChI=1S/C40H26N6/c1-3-22-41-35(15-1)29-9-5-11-31(25-29)39-44-38(45-40(46-39)32-12-6-10-30(26-32)36-16-2-4-23-42-36)28-20-18-27(19-21-28)33-13-7-17-37-34(33)14-8-24-43-37/h1-26H. The Morgan fingerprint density at radius 2 is 0.848 bits per heavy atom. The summed E-state index contributed by atoms with van der Waals surface area (Å²) in [5.74, 6) is 1.77. The predicted octanol–water partition coefficient (Wildman–Crippen LogP) is 9.21. The van der Waals surface area contributed by atoms with E-state index in [2.05, 4.69) is 63.5 Å². The van der Waals surface area contributed by atoms with E-state index in [1.165, 1.54) is 0 Å². The zero-order valence-corrected chi connectivity index (χ0v) is 24.7. The second kappa shape index (κ2) is 11.9. The Morgan fingerprint density at radius 3 is 1.43 bits per heavy atom. The summed E-state index contributed by atoms with van der Waals surface area (Å²) >= 11 is 0. The monoisotopic (exact) mass is 590 g/mol. The lowest BCUT2D eigenvalue weighted by molar-refractivity contribution is 1.07. The molecule has 0 fully saturated rings. The molecular formula is C40H26N6. The van der Waals surface area contributed by atoms with E-state index in [4.69, 9.17) is 15.0 Å². The molecule has 8 aromatic rings. The molecule has 6 nitrogen and oxygen atoms in total. The number of benzene rings is 4. The quantitative estimate of drug-likeness (QED) is 0.192. The van der Waals surface area contributed by atoms with E-state index in [0.717, 1.165) is 61.2 Å². The molecule has 0 atom stereocenters. The summed E-state index contributed by atoms with van der Waals surface area (Å²) in [7, 11) is 0. The van der Waals surface area contributed by atoms with Crippen molar-refractivity contribution < 1.29 is 0 Å². The molecule has 0 radical (unpaired) electrons. The van der Waals surface area contributed by atoms with Gasteiger partial charge in [-0.05, 0) is 59.7 Å². The molecule has 0 saturated carbocycles. The lowest BCUT2D eigenvalue weighted by Gasteiger charge is -2.11. The number of hydrogen-bond donors (Lipinski definition) is 0. The number of rotatable bonds is 6. The van der Waals surface area contributed by atoms with Gasteiger partial charge in [-0.25, -0.2) is 15.0 Å². The van der Waals surface area contributed by atoms with Crippen LogP contribution in [0.5, 0.6) is 0 Å². The van der Waals surface area contributed by atoms with Crippen LogP contribution in [-0.2, 0) is 0 Å². The second-order valence-electron chi connectivity index (χ2n) is 10.9. The zero-order chi connectivity index (χ0) is 30.7. The molecule has 0 bridgehead atoms. The summed E-state index contributed by atoms with van der Waals surface area (Å²) in [5.41, 5.74) is 9.63. The van der Waals surface area contributed by atoms with Crippen molar-refractivity contribution in [2.45, 2.75) is 0 Å². The maximum absolute atomic E-state index is 5.00. The third-order valence-electron chi connectivity index (χ3n) is 7.90. The average molecular weight is 591 g/mol. The van der Waals surface area contributed by atoms with Crippen LogP contribution in [0.25, 0.3) is 78.7 Å². The second-order valence-corrected chi connectivity index (χ2v) is 10.9. The fraction of sp³-hybridized carbons (Fsp3) is 0. The van der Waals surface area contributed by atoms with Crippen molar-refractivity contribution in [1.29, 1.82) is 0 Å². The Kier molecular flexibility index (Phi) is 7.05. The molecule has 8 rings (SSSR count). The fourth-order valence-corrected chi connectivity index (χ4v) is 5.62. The number of pyridine rings is 3. The normalized spacial score (nSPS) is 11.0. The van der Waals surface area contributed by atoms with Gasteiger partial charge in [-0.15, -0.1) is 0 Å². The zero-order valence-electron chi connectivity index (χ0n) is 24.7. The highest BCUT2D eigenvalue weighted by Crippen LogP contribution is 2.32. The molecule has 0 aliphatic carbocycles. The van der Waals surface area contributed by atoms with Gasteiger partial charge in [0.15, 0.2) is 17.5 Å². The van der Waals surface area contributed by atoms with Crippen molar-refractivity contribution in [3.63, 3.8) is 0 Å². The van der Waals surface area contributed by atoms with E-state index in [1.807, 2.05) is 97.2 Å². The third-order valence-corrected chi connectivity index (χ3v) is 7.90. The van der Waals surface area contributed by atoms with Gasteiger partial charge in [0.05, 0.1) is 16.9 Å². The van der Waals surface area contributed by atoms with Crippen LogP contribution in [0.2, 0.25) is 0 Å². The molecule has 4 heterocycles. The highest BCUT2D eigenvalue weighted by molar-refractivity contribution is 5.94. The van der Waals surface area contributed by atoms with Crippen LogP contribution in [0.1, 0.15) is 0 Å². The van der Waals surface area contributed by atoms with Crippen LogP contribution < -0.4 is 0 Å². The van der Waals surface area contributed by atoms with E-state index in [0.29, 0.717) is 17.5 Å². The van der Waals surface area contributed by atoms with Crippen LogP contribution in [-0.4, -0.2) is 29.9 Å². The van der Waals surface area contributed by atoms with Crippen molar-refractivity contribution in [3.8, 4) is 67.8 Å². The van der Waals surface area contributed by atoms with Crippen LogP contribution in [0.4, 0.5) is 0 Å². The molecule has 0 unspecified atom stereocenters. The third kappa shape index (κ3) is 5.40. The Bertz CT molecular complexity index is 2200. The molecule has 0 amide bonds. The first-order chi connectivity index (χ1) is 22.8. The van der Waals surface area contributed by atoms with Crippen LogP contribution in [0.3, 0.4) is 0 Å². The molecule has 0 N–H and O–H groups in total. The number of aromatic nitrogens is 6. The molecule has 46 heavy (non-hydrogen) atoms. The van der Waals surface area contributed by atoms with Gasteiger partial charge < -0.3 is 0 Å². The first-order valence-corrected chi connectivity index (χ1v) is 15.0. The Balaban J connectivity index is 1.25. The van der Waals surface area contributed by atoms with Gasteiger partial charge in [0.1, 0.15) is 0 Å². The minimum atomic E-state index is 0.588. The van der Waals surface area contributed by atoms with Gasteiger partial charge in [-0.2, -0.15) is 0 Å². The molecule has 0 spiro atoms. The molecule has 216 valence electrons. The maximum Gasteiger partial charge on any atom is 0.164 e. The SMILES string of the molecule is c1ccc(-c2cccc(-c3nc(-c4ccc(-c5cccc6ncccc56)cc4)nc(-c4cccc(-c5ccccn5)c4)n3)c2)nc1. The topological polar surface area (TPSA) is 77.3 Å². The first-order valence-electron chi connectivity index (χ1n) is 15.0. The molecule has 6 heteroatoms. The lowest BCUT2D eigenvalue weighted by Crippen LogP contribution is -2.00. The van der Waals surface area contributed by atoms with Gasteiger partial charge in [-0.3, -0.25) is 15.0 Å². The van der Waals surface area contributed by atoms with Crippen LogP contribution in [0, 0.1) is 0 Å². The van der Waals surface area contributed by atoms with E-state index >= 15 is 0 Å². The molecular weight excluding hydrogens is 564 g/mol. The summed E-state index contributed by atoms with van der Waals surface area (Å²) < 4.78 is 0. The Labute approximate surface area is 266 Å². The number of nitrogens with zero attached hydrogens (tertiary/aromatic N) is 6. The number of fused-ring (bicyclic) bond motifs is 1. The van der Waals surface area contributed by atoms with Crippen LogP contribution >= 0.6 is 0 Å². The summed E-state index contributed by atoms with van der Waals surface area (Å²) in [6, 6.07) is 46.8. The van der Waals surface area contributed by atoms with Crippen molar-refractivity contribution in [1.82, 2.24) is 29.9 Å². The van der Waals surface area contributed by atoms with Gasteiger partial charge in [-0.1, -0.05) is 91.0 Å². The highest BCUT2D eigenvalue weighted by atomic mass is 15.0. The molecule has 4 aromatic heterocycles. The summed E-state index contributed by atoms with van der Waals surface area (Å²) in [5, 5.41) is 1.11. The smallest absolute Gasteiger partial charge is 0.164 e. The summed E-state index contributed by atoms with van der Waals surface area (Å²) in [6.07, 6.45) is 5.42. The van der Waals surface area contributed by atoms with E-state index < -0.39 is 0 Å². The van der Waals surface area contributed by atoms with E-state index in [9.17, 15) is 0 Å². The minimum absolute atomic E-state index is 0.588. The Hall–Kier alpha value is -6.40. The largest absolute Gasteiger partial charge is 0.256 e. The van der Waals surface area contributed by atoms with E-state index in [1.54, 1.807) is 12.4 Å². The van der Waals surface area contributed by atoms with Gasteiger partial charge in [0.25, 0.3) is 0 Å². The molecule has 4 aromatic carbocycles.